The summed E-state index contributed by atoms with van der Waals surface area (Å²) in [5.74, 6) is -1.88. The lowest BCUT2D eigenvalue weighted by atomic mass is 10.1. The zero-order valence-electron chi connectivity index (χ0n) is 14.3. The standard InChI is InChI=1S/C15H18N2O8S/c1-7(18)22-6-10-12(23-8(2)19)13(24-9(3)20)14(25-10)17-5-4-11(26)16-15(17)21/h4-5,10,12-14H,6H2,1-3H3,(H,16,21,26)/t10-,12+,13+,14-/m1/s1. The number of carbonyl (C=O) groups excluding carboxylic acids is 3. The van der Waals surface area contributed by atoms with Gasteiger partial charge in [0, 0.05) is 27.0 Å². The Labute approximate surface area is 153 Å². The van der Waals surface area contributed by atoms with Crippen LogP contribution in [0.1, 0.15) is 27.0 Å². The van der Waals surface area contributed by atoms with Gasteiger partial charge in [-0.2, -0.15) is 0 Å². The van der Waals surface area contributed by atoms with Gasteiger partial charge in [0.25, 0.3) is 0 Å². The van der Waals surface area contributed by atoms with E-state index in [2.05, 4.69) is 4.98 Å². The highest BCUT2D eigenvalue weighted by Gasteiger charge is 2.50. The summed E-state index contributed by atoms with van der Waals surface area (Å²) < 4.78 is 22.4. The molecule has 26 heavy (non-hydrogen) atoms. The Morgan fingerprint density at radius 2 is 1.77 bits per heavy atom. The number of nitrogens with zero attached hydrogens (tertiary/aromatic N) is 1. The fourth-order valence-electron chi connectivity index (χ4n) is 2.54. The average Bonchev–Trinajstić information content (AvgIpc) is 2.82. The van der Waals surface area contributed by atoms with E-state index < -0.39 is 48.1 Å². The molecule has 0 amide bonds. The summed E-state index contributed by atoms with van der Waals surface area (Å²) in [7, 11) is 0. The van der Waals surface area contributed by atoms with Crippen molar-refractivity contribution in [1.29, 1.82) is 0 Å². The van der Waals surface area contributed by atoms with Crippen molar-refractivity contribution in [2.75, 3.05) is 6.61 Å². The number of rotatable bonds is 5. The van der Waals surface area contributed by atoms with Crippen LogP contribution in [0.2, 0.25) is 0 Å². The molecule has 2 rings (SSSR count). The Hall–Kier alpha value is -2.53. The molecule has 0 aliphatic carbocycles. The van der Waals surface area contributed by atoms with E-state index in [4.69, 9.17) is 31.2 Å². The summed E-state index contributed by atoms with van der Waals surface area (Å²) in [6, 6.07) is 1.45. The Morgan fingerprint density at radius 3 is 2.31 bits per heavy atom. The number of H-pyrrole nitrogens is 1. The third-order valence-electron chi connectivity index (χ3n) is 3.47. The van der Waals surface area contributed by atoms with E-state index in [9.17, 15) is 19.2 Å². The minimum absolute atomic E-state index is 0.210. The molecule has 1 aliphatic heterocycles. The van der Waals surface area contributed by atoms with Crippen molar-refractivity contribution < 1.29 is 33.3 Å². The molecule has 0 bridgehead atoms. The smallest absolute Gasteiger partial charge is 0.328 e. The zero-order valence-corrected chi connectivity index (χ0v) is 15.1. The van der Waals surface area contributed by atoms with Crippen molar-refractivity contribution in [2.24, 2.45) is 0 Å². The number of aromatic nitrogens is 2. The van der Waals surface area contributed by atoms with Gasteiger partial charge in [0.05, 0.1) is 0 Å². The second kappa shape index (κ2) is 8.23. The van der Waals surface area contributed by atoms with Crippen LogP contribution >= 0.6 is 12.2 Å². The zero-order chi connectivity index (χ0) is 19.4. The Balaban J connectivity index is 2.41. The molecule has 0 spiro atoms. The first-order valence-electron chi connectivity index (χ1n) is 7.63. The van der Waals surface area contributed by atoms with E-state index in [0.29, 0.717) is 0 Å². The first kappa shape index (κ1) is 19.8. The summed E-state index contributed by atoms with van der Waals surface area (Å²) >= 11 is 4.89. The van der Waals surface area contributed by atoms with Gasteiger partial charge in [-0.25, -0.2) is 4.79 Å². The maximum absolute atomic E-state index is 12.2. The van der Waals surface area contributed by atoms with Crippen LogP contribution in [0.4, 0.5) is 0 Å². The number of ether oxygens (including phenoxy) is 4. The number of aromatic amines is 1. The maximum Gasteiger partial charge on any atom is 0.328 e. The summed E-state index contributed by atoms with van der Waals surface area (Å²) in [5, 5.41) is 0. The molecule has 0 saturated carbocycles. The second-order valence-electron chi connectivity index (χ2n) is 5.53. The van der Waals surface area contributed by atoms with Crippen LogP contribution in [0.5, 0.6) is 0 Å². The normalized spacial score (nSPS) is 24.7. The minimum Gasteiger partial charge on any atom is -0.463 e. The van der Waals surface area contributed by atoms with Gasteiger partial charge < -0.3 is 18.9 Å². The highest BCUT2D eigenvalue weighted by atomic mass is 32.1. The van der Waals surface area contributed by atoms with Crippen LogP contribution in [-0.4, -0.2) is 52.4 Å². The van der Waals surface area contributed by atoms with Crippen LogP contribution in [-0.2, 0) is 33.3 Å². The number of hydrogen-bond acceptors (Lipinski definition) is 9. The molecule has 1 aromatic rings. The Morgan fingerprint density at radius 1 is 1.15 bits per heavy atom. The van der Waals surface area contributed by atoms with E-state index in [1.165, 1.54) is 33.0 Å². The first-order chi connectivity index (χ1) is 12.2. The van der Waals surface area contributed by atoms with Crippen LogP contribution in [0.15, 0.2) is 17.1 Å². The number of hydrogen-bond donors (Lipinski definition) is 1. The molecular weight excluding hydrogens is 368 g/mol. The topological polar surface area (TPSA) is 126 Å². The van der Waals surface area contributed by atoms with Gasteiger partial charge in [-0.05, 0) is 6.07 Å². The summed E-state index contributed by atoms with van der Waals surface area (Å²) in [6.07, 6.45) is -2.88. The highest BCUT2D eigenvalue weighted by Crippen LogP contribution is 2.33. The number of nitrogens with one attached hydrogen (secondary N) is 1. The largest absolute Gasteiger partial charge is 0.463 e. The van der Waals surface area contributed by atoms with Crippen molar-refractivity contribution in [3.05, 3.63) is 27.4 Å². The van der Waals surface area contributed by atoms with Crippen molar-refractivity contribution >= 4 is 30.1 Å². The van der Waals surface area contributed by atoms with Crippen LogP contribution in [0, 0.1) is 4.64 Å². The molecule has 1 fully saturated rings. The molecule has 11 heteroatoms. The second-order valence-corrected chi connectivity index (χ2v) is 5.97. The lowest BCUT2D eigenvalue weighted by molar-refractivity contribution is -0.166. The summed E-state index contributed by atoms with van der Waals surface area (Å²) in [6.45, 7) is 3.30. The van der Waals surface area contributed by atoms with Crippen LogP contribution in [0.25, 0.3) is 0 Å². The number of carbonyl (C=O) groups is 3. The maximum atomic E-state index is 12.2. The lowest BCUT2D eigenvalue weighted by Crippen LogP contribution is -2.41. The van der Waals surface area contributed by atoms with Crippen LogP contribution < -0.4 is 5.69 Å². The molecule has 0 aromatic carbocycles. The Bertz CT molecular complexity index is 816. The molecule has 4 atom stereocenters. The van der Waals surface area contributed by atoms with Crippen molar-refractivity contribution in [3.8, 4) is 0 Å². The van der Waals surface area contributed by atoms with Gasteiger partial charge in [0.15, 0.2) is 18.4 Å². The van der Waals surface area contributed by atoms with Crippen molar-refractivity contribution in [1.82, 2.24) is 9.55 Å². The SMILES string of the molecule is CC(=O)OC[C@H]1O[C@@H](n2ccc(=S)[nH]c2=O)[C@@H](OC(C)=O)[C@H]1OC(C)=O. The fourth-order valence-corrected chi connectivity index (χ4v) is 2.69. The average molecular weight is 386 g/mol. The molecule has 0 unspecified atom stereocenters. The van der Waals surface area contributed by atoms with Gasteiger partial charge in [0.2, 0.25) is 0 Å². The molecule has 0 radical (unpaired) electrons. The predicted octanol–water partition coefficient (Wildman–Crippen LogP) is 0.230. The summed E-state index contributed by atoms with van der Waals surface area (Å²) in [4.78, 5) is 48.7. The highest BCUT2D eigenvalue weighted by molar-refractivity contribution is 7.71. The van der Waals surface area contributed by atoms with E-state index >= 15 is 0 Å². The van der Waals surface area contributed by atoms with E-state index in [1.807, 2.05) is 0 Å². The molecule has 2 heterocycles. The van der Waals surface area contributed by atoms with Gasteiger partial charge in [0.1, 0.15) is 17.4 Å². The van der Waals surface area contributed by atoms with Crippen molar-refractivity contribution in [3.63, 3.8) is 0 Å². The third-order valence-corrected chi connectivity index (χ3v) is 3.70. The van der Waals surface area contributed by atoms with E-state index in [1.54, 1.807) is 0 Å². The Kier molecular flexibility index (Phi) is 6.27. The molecule has 1 N–H and O–H groups in total. The van der Waals surface area contributed by atoms with E-state index in [-0.39, 0.29) is 11.2 Å². The van der Waals surface area contributed by atoms with Crippen molar-refractivity contribution in [2.45, 2.75) is 45.3 Å². The first-order valence-corrected chi connectivity index (χ1v) is 8.04. The quantitative estimate of drug-likeness (QED) is 0.430. The molecule has 10 nitrogen and oxygen atoms in total. The minimum atomic E-state index is -1.13. The fraction of sp³-hybridized carbons (Fsp3) is 0.533. The monoisotopic (exact) mass is 386 g/mol. The third kappa shape index (κ3) is 4.76. The summed E-state index contributed by atoms with van der Waals surface area (Å²) in [5.41, 5.74) is -0.602. The lowest BCUT2D eigenvalue weighted by Gasteiger charge is -2.23. The molecule has 1 aromatic heterocycles. The van der Waals surface area contributed by atoms with Gasteiger partial charge >= 0.3 is 23.6 Å². The van der Waals surface area contributed by atoms with E-state index in [0.717, 1.165) is 4.57 Å². The molecule has 1 aliphatic rings. The van der Waals surface area contributed by atoms with Crippen LogP contribution in [0.3, 0.4) is 0 Å². The predicted molar refractivity (Wildman–Crippen MR) is 87.5 cm³/mol. The van der Waals surface area contributed by atoms with Gasteiger partial charge in [-0.3, -0.25) is 23.9 Å². The number of esters is 3. The molecule has 142 valence electrons. The molecule has 1 saturated heterocycles. The molecular formula is C15H18N2O8S. The van der Waals surface area contributed by atoms with Gasteiger partial charge in [-0.1, -0.05) is 12.2 Å². The van der Waals surface area contributed by atoms with Gasteiger partial charge in [-0.15, -0.1) is 0 Å².